The number of carboxylic acid groups (broad SMARTS) is 1. The zero-order valence-corrected chi connectivity index (χ0v) is 9.27. The van der Waals surface area contributed by atoms with Crippen LogP contribution in [0.3, 0.4) is 0 Å². The van der Waals surface area contributed by atoms with Crippen LogP contribution in [-0.2, 0) is 9.59 Å². The molecule has 1 unspecified atom stereocenters. The van der Waals surface area contributed by atoms with E-state index in [2.05, 4.69) is 0 Å². The maximum atomic E-state index is 11.4. The number of carbonyl (C=O) groups is 2. The van der Waals surface area contributed by atoms with Gasteiger partial charge < -0.3 is 15.1 Å². The van der Waals surface area contributed by atoms with Crippen LogP contribution in [0.5, 0.6) is 0 Å². The lowest BCUT2D eigenvalue weighted by molar-refractivity contribution is -0.143. The molecule has 88 valence electrons. The summed E-state index contributed by atoms with van der Waals surface area (Å²) >= 11 is 0. The number of carbonyl (C=O) groups excluding carboxylic acids is 1. The van der Waals surface area contributed by atoms with E-state index in [1.807, 2.05) is 0 Å². The lowest BCUT2D eigenvalue weighted by Gasteiger charge is -2.23. The lowest BCUT2D eigenvalue weighted by atomic mass is 10.1. The van der Waals surface area contributed by atoms with Gasteiger partial charge in [0.25, 0.3) is 0 Å². The summed E-state index contributed by atoms with van der Waals surface area (Å²) in [5, 5.41) is 17.4. The Bertz CT molecular complexity index is 217. The summed E-state index contributed by atoms with van der Waals surface area (Å²) in [6.45, 7) is 3.94. The number of hydrogen-bond acceptors (Lipinski definition) is 3. The predicted molar refractivity (Wildman–Crippen MR) is 55.4 cm³/mol. The van der Waals surface area contributed by atoms with E-state index in [4.69, 9.17) is 10.2 Å². The van der Waals surface area contributed by atoms with Crippen LogP contribution in [0.1, 0.15) is 26.7 Å². The molecule has 0 spiro atoms. The fourth-order valence-corrected chi connectivity index (χ4v) is 1.21. The topological polar surface area (TPSA) is 77.8 Å². The molecule has 0 aromatic rings. The second-order valence-corrected chi connectivity index (χ2v) is 3.51. The van der Waals surface area contributed by atoms with Gasteiger partial charge in [-0.2, -0.15) is 0 Å². The van der Waals surface area contributed by atoms with Gasteiger partial charge in [0, 0.05) is 26.1 Å². The molecule has 0 radical (unpaired) electrons. The van der Waals surface area contributed by atoms with Crippen molar-refractivity contribution in [1.82, 2.24) is 4.90 Å². The van der Waals surface area contributed by atoms with Crippen LogP contribution in [0, 0.1) is 5.92 Å². The molecule has 5 heteroatoms. The largest absolute Gasteiger partial charge is 0.481 e. The van der Waals surface area contributed by atoms with Crippen molar-refractivity contribution >= 4 is 11.9 Å². The highest BCUT2D eigenvalue weighted by Gasteiger charge is 2.18. The molecule has 0 aliphatic carbocycles. The zero-order chi connectivity index (χ0) is 11.8. The third-order valence-electron chi connectivity index (χ3n) is 2.16. The van der Waals surface area contributed by atoms with Crippen LogP contribution >= 0.6 is 0 Å². The van der Waals surface area contributed by atoms with Crippen molar-refractivity contribution in [2.24, 2.45) is 5.92 Å². The van der Waals surface area contributed by atoms with Crippen molar-refractivity contribution in [2.45, 2.75) is 26.7 Å². The smallest absolute Gasteiger partial charge is 0.308 e. The summed E-state index contributed by atoms with van der Waals surface area (Å²) in [5.74, 6) is -1.55. The highest BCUT2D eigenvalue weighted by molar-refractivity contribution is 5.77. The first-order chi connectivity index (χ1) is 7.02. The van der Waals surface area contributed by atoms with Crippen LogP contribution in [0.15, 0.2) is 0 Å². The summed E-state index contributed by atoms with van der Waals surface area (Å²) in [6.07, 6.45) is 0.843. The molecule has 0 aliphatic heterocycles. The van der Waals surface area contributed by atoms with Crippen LogP contribution in [0.25, 0.3) is 0 Å². The van der Waals surface area contributed by atoms with E-state index in [9.17, 15) is 9.59 Å². The minimum Gasteiger partial charge on any atom is -0.481 e. The third kappa shape index (κ3) is 5.37. The van der Waals surface area contributed by atoms with E-state index in [-0.39, 0.29) is 19.1 Å². The van der Waals surface area contributed by atoms with Crippen LogP contribution < -0.4 is 0 Å². The number of hydrogen-bond donors (Lipinski definition) is 2. The number of aliphatic carboxylic acids is 1. The maximum absolute atomic E-state index is 11.4. The zero-order valence-electron chi connectivity index (χ0n) is 9.27. The van der Waals surface area contributed by atoms with Gasteiger partial charge in [-0.15, -0.1) is 0 Å². The molecular weight excluding hydrogens is 198 g/mol. The number of rotatable bonds is 7. The van der Waals surface area contributed by atoms with E-state index in [0.717, 1.165) is 0 Å². The molecule has 0 aromatic heterocycles. The molecule has 5 nitrogen and oxygen atoms in total. The van der Waals surface area contributed by atoms with Gasteiger partial charge in [-0.25, -0.2) is 0 Å². The van der Waals surface area contributed by atoms with Gasteiger partial charge in [0.15, 0.2) is 0 Å². The number of nitrogens with zero attached hydrogens (tertiary/aromatic N) is 1. The van der Waals surface area contributed by atoms with E-state index >= 15 is 0 Å². The van der Waals surface area contributed by atoms with E-state index < -0.39 is 11.9 Å². The monoisotopic (exact) mass is 217 g/mol. The Morgan fingerprint density at radius 3 is 2.40 bits per heavy atom. The molecule has 0 rings (SSSR count). The SMILES string of the molecule is CCC(=O)N(CCCO)CC(C)C(=O)O. The molecule has 15 heavy (non-hydrogen) atoms. The van der Waals surface area contributed by atoms with Gasteiger partial charge in [0.05, 0.1) is 5.92 Å². The highest BCUT2D eigenvalue weighted by atomic mass is 16.4. The van der Waals surface area contributed by atoms with Gasteiger partial charge in [0.2, 0.25) is 5.91 Å². The van der Waals surface area contributed by atoms with Crippen molar-refractivity contribution in [3.05, 3.63) is 0 Å². The molecular formula is C10H19NO4. The molecule has 1 atom stereocenters. The van der Waals surface area contributed by atoms with Crippen LogP contribution in [-0.4, -0.2) is 46.7 Å². The molecule has 0 aromatic carbocycles. The Labute approximate surface area is 89.7 Å². The second kappa shape index (κ2) is 7.23. The normalized spacial score (nSPS) is 12.2. The fourth-order valence-electron chi connectivity index (χ4n) is 1.21. The van der Waals surface area contributed by atoms with Gasteiger partial charge in [-0.1, -0.05) is 13.8 Å². The van der Waals surface area contributed by atoms with Crippen molar-refractivity contribution in [2.75, 3.05) is 19.7 Å². The molecule has 1 amide bonds. The molecule has 0 saturated heterocycles. The Morgan fingerprint density at radius 1 is 1.40 bits per heavy atom. The van der Waals surface area contributed by atoms with Gasteiger partial charge in [-0.3, -0.25) is 9.59 Å². The van der Waals surface area contributed by atoms with Crippen LogP contribution in [0.2, 0.25) is 0 Å². The minimum absolute atomic E-state index is 0.00888. The molecule has 0 bridgehead atoms. The van der Waals surface area contributed by atoms with E-state index in [1.54, 1.807) is 13.8 Å². The number of aliphatic hydroxyl groups excluding tert-OH is 1. The molecule has 2 N–H and O–H groups in total. The van der Waals surface area contributed by atoms with Crippen molar-refractivity contribution in [1.29, 1.82) is 0 Å². The summed E-state index contributed by atoms with van der Waals surface area (Å²) < 4.78 is 0. The first kappa shape index (κ1) is 13.9. The van der Waals surface area contributed by atoms with Gasteiger partial charge in [-0.05, 0) is 6.42 Å². The average molecular weight is 217 g/mol. The van der Waals surface area contributed by atoms with Gasteiger partial charge in [0.1, 0.15) is 0 Å². The fraction of sp³-hybridized carbons (Fsp3) is 0.800. The Kier molecular flexibility index (Phi) is 6.70. The van der Waals surface area contributed by atoms with Crippen LogP contribution in [0.4, 0.5) is 0 Å². The Balaban J connectivity index is 4.23. The second-order valence-electron chi connectivity index (χ2n) is 3.51. The molecule has 0 aliphatic rings. The summed E-state index contributed by atoms with van der Waals surface area (Å²) in [4.78, 5) is 23.6. The summed E-state index contributed by atoms with van der Waals surface area (Å²) in [6, 6.07) is 0. The molecule has 0 heterocycles. The van der Waals surface area contributed by atoms with Crippen molar-refractivity contribution < 1.29 is 19.8 Å². The summed E-state index contributed by atoms with van der Waals surface area (Å²) in [7, 11) is 0. The third-order valence-corrected chi connectivity index (χ3v) is 2.16. The average Bonchev–Trinajstić information content (AvgIpc) is 2.22. The first-order valence-electron chi connectivity index (χ1n) is 5.14. The quantitative estimate of drug-likeness (QED) is 0.644. The molecule has 0 saturated carbocycles. The Morgan fingerprint density at radius 2 is 2.00 bits per heavy atom. The number of aliphatic hydroxyl groups is 1. The number of amides is 1. The minimum atomic E-state index is -0.909. The Hall–Kier alpha value is -1.10. The number of carboxylic acids is 1. The maximum Gasteiger partial charge on any atom is 0.308 e. The van der Waals surface area contributed by atoms with E-state index in [0.29, 0.717) is 19.4 Å². The standard InChI is InChI=1S/C10H19NO4/c1-3-9(13)11(5-4-6-12)7-8(2)10(14)15/h8,12H,3-7H2,1-2H3,(H,14,15). The van der Waals surface area contributed by atoms with Gasteiger partial charge >= 0.3 is 5.97 Å². The predicted octanol–water partition coefficient (Wildman–Crippen LogP) is 0.328. The lowest BCUT2D eigenvalue weighted by Crippen LogP contribution is -2.37. The first-order valence-corrected chi connectivity index (χ1v) is 5.14. The highest BCUT2D eigenvalue weighted by Crippen LogP contribution is 2.03. The van der Waals surface area contributed by atoms with Crippen molar-refractivity contribution in [3.8, 4) is 0 Å². The molecule has 0 fully saturated rings. The van der Waals surface area contributed by atoms with E-state index in [1.165, 1.54) is 4.90 Å². The van der Waals surface area contributed by atoms with Crippen molar-refractivity contribution in [3.63, 3.8) is 0 Å². The summed E-state index contributed by atoms with van der Waals surface area (Å²) in [5.41, 5.74) is 0.